The van der Waals surface area contributed by atoms with Crippen LogP contribution >= 0.6 is 12.4 Å². The summed E-state index contributed by atoms with van der Waals surface area (Å²) in [5.41, 5.74) is 2.15. The van der Waals surface area contributed by atoms with Crippen molar-refractivity contribution in [2.75, 3.05) is 20.3 Å². The Labute approximate surface area is 190 Å². The number of aliphatic hydroxyl groups is 1. The van der Waals surface area contributed by atoms with Crippen LogP contribution in [0.2, 0.25) is 0 Å². The third kappa shape index (κ3) is 6.47. The van der Waals surface area contributed by atoms with Gasteiger partial charge in [0.15, 0.2) is 0 Å². The average Bonchev–Trinajstić information content (AvgIpc) is 3.18. The van der Waals surface area contributed by atoms with Gasteiger partial charge in [-0.15, -0.1) is 12.4 Å². The number of methoxy groups -OCH3 is 1. The van der Waals surface area contributed by atoms with Crippen molar-refractivity contribution >= 4 is 12.4 Å². The Kier molecular flexibility index (Phi) is 9.37. The second kappa shape index (κ2) is 11.7. The molecule has 168 valence electrons. The van der Waals surface area contributed by atoms with Gasteiger partial charge in [-0.3, -0.25) is 0 Å². The molecule has 0 bridgehead atoms. The average molecular weight is 446 g/mol. The number of aliphatic hydroxyl groups excluding tert-OH is 1. The molecular formula is C24H32ClN3O3. The number of halogens is 1. The molecule has 0 aliphatic rings. The summed E-state index contributed by atoms with van der Waals surface area (Å²) in [5, 5.41) is 14.0. The van der Waals surface area contributed by atoms with Crippen molar-refractivity contribution in [3.8, 4) is 11.5 Å². The molecule has 0 saturated heterocycles. The normalized spacial score (nSPS) is 12.8. The zero-order valence-electron chi connectivity index (χ0n) is 18.5. The van der Waals surface area contributed by atoms with Crippen LogP contribution in [0.4, 0.5) is 0 Å². The fourth-order valence-electron chi connectivity index (χ4n) is 3.42. The molecule has 1 aromatic heterocycles. The minimum absolute atomic E-state index is 0. The van der Waals surface area contributed by atoms with E-state index < -0.39 is 6.10 Å². The van der Waals surface area contributed by atoms with Crippen molar-refractivity contribution in [1.29, 1.82) is 0 Å². The fraction of sp³-hybridized carbons (Fsp3) is 0.375. The van der Waals surface area contributed by atoms with Crippen LogP contribution in [-0.2, 0) is 7.05 Å². The molecule has 0 amide bonds. The number of rotatable bonds is 10. The molecule has 0 aliphatic carbocycles. The smallest absolute Gasteiger partial charge is 0.130 e. The van der Waals surface area contributed by atoms with E-state index in [1.807, 2.05) is 60.3 Å². The number of ether oxygens (including phenoxy) is 2. The largest absolute Gasteiger partial charge is 0.497 e. The number of hydrogen-bond donors (Lipinski definition) is 2. The van der Waals surface area contributed by atoms with Gasteiger partial charge in [-0.1, -0.05) is 44.2 Å². The Morgan fingerprint density at radius 2 is 1.90 bits per heavy atom. The Morgan fingerprint density at radius 3 is 2.58 bits per heavy atom. The lowest BCUT2D eigenvalue weighted by Crippen LogP contribution is -2.35. The molecule has 7 heteroatoms. The maximum absolute atomic E-state index is 10.6. The van der Waals surface area contributed by atoms with Crippen molar-refractivity contribution in [3.05, 3.63) is 77.9 Å². The number of imidazole rings is 1. The molecule has 0 fully saturated rings. The topological polar surface area (TPSA) is 68.5 Å². The Bertz CT molecular complexity index is 945. The van der Waals surface area contributed by atoms with Crippen LogP contribution in [0.5, 0.6) is 11.5 Å². The zero-order valence-corrected chi connectivity index (χ0v) is 19.3. The van der Waals surface area contributed by atoms with E-state index in [4.69, 9.17) is 9.47 Å². The van der Waals surface area contributed by atoms with Gasteiger partial charge in [0.2, 0.25) is 0 Å². The zero-order chi connectivity index (χ0) is 21.5. The van der Waals surface area contributed by atoms with Crippen molar-refractivity contribution < 1.29 is 14.6 Å². The second-order valence-electron chi connectivity index (χ2n) is 7.67. The summed E-state index contributed by atoms with van der Waals surface area (Å²) in [4.78, 5) is 4.50. The first-order chi connectivity index (χ1) is 14.5. The molecule has 1 heterocycles. The van der Waals surface area contributed by atoms with E-state index in [-0.39, 0.29) is 25.1 Å². The molecule has 0 aliphatic heterocycles. The van der Waals surface area contributed by atoms with Gasteiger partial charge in [0, 0.05) is 26.0 Å². The van der Waals surface area contributed by atoms with Gasteiger partial charge in [0.1, 0.15) is 30.0 Å². The highest BCUT2D eigenvalue weighted by Crippen LogP contribution is 2.26. The van der Waals surface area contributed by atoms with Gasteiger partial charge < -0.3 is 24.5 Å². The van der Waals surface area contributed by atoms with Crippen molar-refractivity contribution in [3.63, 3.8) is 0 Å². The Balaban J connectivity index is 0.00000341. The van der Waals surface area contributed by atoms with Crippen LogP contribution in [0.3, 0.4) is 0 Å². The van der Waals surface area contributed by atoms with Crippen LogP contribution in [0, 0.1) is 0 Å². The van der Waals surface area contributed by atoms with Gasteiger partial charge in [-0.25, -0.2) is 4.98 Å². The molecule has 2 unspecified atom stereocenters. The first-order valence-corrected chi connectivity index (χ1v) is 10.2. The number of benzene rings is 2. The summed E-state index contributed by atoms with van der Waals surface area (Å²) in [5.74, 6) is 2.82. The Morgan fingerprint density at radius 1 is 1.13 bits per heavy atom. The van der Waals surface area contributed by atoms with E-state index >= 15 is 0 Å². The molecule has 31 heavy (non-hydrogen) atoms. The molecule has 0 spiro atoms. The monoisotopic (exact) mass is 445 g/mol. The third-order valence-electron chi connectivity index (χ3n) is 5.07. The molecule has 0 saturated carbocycles. The van der Waals surface area contributed by atoms with Gasteiger partial charge >= 0.3 is 0 Å². The highest BCUT2D eigenvalue weighted by Gasteiger charge is 2.20. The number of nitrogens with one attached hydrogen (secondary N) is 1. The highest BCUT2D eigenvalue weighted by atomic mass is 35.5. The highest BCUT2D eigenvalue weighted by molar-refractivity contribution is 5.85. The molecule has 6 nitrogen and oxygen atoms in total. The molecule has 3 rings (SSSR count). The van der Waals surface area contributed by atoms with Gasteiger partial charge in [0.25, 0.3) is 0 Å². The number of para-hydroxylation sites is 1. The lowest BCUT2D eigenvalue weighted by atomic mass is 10.0. The summed E-state index contributed by atoms with van der Waals surface area (Å²) in [6.45, 7) is 4.83. The SMILES string of the molecule is COc1cccc(C(NCC(O)COc2ccccc2C(C)C)c2nccn2C)c1.Cl. The van der Waals surface area contributed by atoms with Crippen LogP contribution in [0.15, 0.2) is 60.9 Å². The lowest BCUT2D eigenvalue weighted by Gasteiger charge is -2.22. The quantitative estimate of drug-likeness (QED) is 0.492. The summed E-state index contributed by atoms with van der Waals surface area (Å²) in [6, 6.07) is 15.6. The van der Waals surface area contributed by atoms with E-state index in [1.165, 1.54) is 0 Å². The van der Waals surface area contributed by atoms with Crippen LogP contribution in [-0.4, -0.2) is 41.0 Å². The second-order valence-corrected chi connectivity index (χ2v) is 7.67. The van der Waals surface area contributed by atoms with Crippen molar-refractivity contribution in [1.82, 2.24) is 14.9 Å². The molecule has 2 atom stereocenters. The summed E-state index contributed by atoms with van der Waals surface area (Å²) in [7, 11) is 3.61. The van der Waals surface area contributed by atoms with Gasteiger partial charge in [-0.05, 0) is 35.2 Å². The minimum Gasteiger partial charge on any atom is -0.497 e. The van der Waals surface area contributed by atoms with Crippen molar-refractivity contribution in [2.24, 2.45) is 7.05 Å². The van der Waals surface area contributed by atoms with Gasteiger partial charge in [-0.2, -0.15) is 0 Å². The van der Waals surface area contributed by atoms with Crippen LogP contribution < -0.4 is 14.8 Å². The minimum atomic E-state index is -0.668. The number of aryl methyl sites for hydroxylation is 1. The van der Waals surface area contributed by atoms with Crippen LogP contribution in [0.25, 0.3) is 0 Å². The van der Waals surface area contributed by atoms with E-state index in [0.29, 0.717) is 12.5 Å². The molecule has 3 aromatic rings. The number of hydrogen-bond acceptors (Lipinski definition) is 5. The first kappa shape index (κ1) is 24.7. The third-order valence-corrected chi connectivity index (χ3v) is 5.07. The van der Waals surface area contributed by atoms with Crippen LogP contribution in [0.1, 0.15) is 42.8 Å². The standard InChI is InChI=1S/C24H31N3O3.ClH/c1-17(2)21-10-5-6-11-22(21)30-16-19(28)15-26-23(24-25-12-13-27(24)3)18-8-7-9-20(14-18)29-4;/h5-14,17,19,23,26,28H,15-16H2,1-4H3;1H. The van der Waals surface area contributed by atoms with E-state index in [1.54, 1.807) is 13.3 Å². The summed E-state index contributed by atoms with van der Waals surface area (Å²) >= 11 is 0. The number of aromatic nitrogens is 2. The van der Waals surface area contributed by atoms with E-state index in [2.05, 4.69) is 30.2 Å². The van der Waals surface area contributed by atoms with E-state index in [9.17, 15) is 5.11 Å². The summed E-state index contributed by atoms with van der Waals surface area (Å²) < 4.78 is 13.3. The Hall–Kier alpha value is -2.54. The molecule has 2 N–H and O–H groups in total. The molecular weight excluding hydrogens is 414 g/mol. The lowest BCUT2D eigenvalue weighted by molar-refractivity contribution is 0.104. The fourth-order valence-corrected chi connectivity index (χ4v) is 3.42. The van der Waals surface area contributed by atoms with Gasteiger partial charge in [0.05, 0.1) is 13.2 Å². The molecule has 2 aromatic carbocycles. The predicted octanol–water partition coefficient (Wildman–Crippen LogP) is 4.09. The first-order valence-electron chi connectivity index (χ1n) is 10.2. The summed E-state index contributed by atoms with van der Waals surface area (Å²) in [6.07, 6.45) is 3.01. The van der Waals surface area contributed by atoms with Crippen molar-refractivity contribution in [2.45, 2.75) is 31.9 Å². The predicted molar refractivity (Wildman–Crippen MR) is 125 cm³/mol. The maximum Gasteiger partial charge on any atom is 0.130 e. The van der Waals surface area contributed by atoms with E-state index in [0.717, 1.165) is 28.5 Å². The molecule has 0 radical (unpaired) electrons. The maximum atomic E-state index is 10.6. The number of nitrogens with zero attached hydrogens (tertiary/aromatic N) is 2.